The van der Waals surface area contributed by atoms with Crippen LogP contribution in [0.3, 0.4) is 0 Å². The van der Waals surface area contributed by atoms with E-state index in [1.54, 1.807) is 6.07 Å². The lowest BCUT2D eigenvalue weighted by atomic mass is 10.2. The van der Waals surface area contributed by atoms with Crippen LogP contribution in [0.4, 0.5) is 5.69 Å². The minimum Gasteiger partial charge on any atom is -0.478 e. The second-order valence-electron chi connectivity index (χ2n) is 4.14. The maximum atomic E-state index is 11.9. The summed E-state index contributed by atoms with van der Waals surface area (Å²) < 4.78 is 0.666. The number of nitrogens with one attached hydrogen (secondary N) is 2. The first-order chi connectivity index (χ1) is 8.58. The van der Waals surface area contributed by atoms with Crippen molar-refractivity contribution in [2.45, 2.75) is 18.9 Å². The van der Waals surface area contributed by atoms with Gasteiger partial charge >= 0.3 is 5.97 Å². The Morgan fingerprint density at radius 1 is 1.44 bits per heavy atom. The number of carbonyl (C=O) groups excluding carboxylic acids is 1. The molecule has 3 N–H and O–H groups in total. The zero-order valence-corrected chi connectivity index (χ0v) is 11.2. The van der Waals surface area contributed by atoms with E-state index in [2.05, 4.69) is 26.6 Å². The lowest BCUT2D eigenvalue weighted by molar-refractivity contribution is -0.117. The Bertz CT molecular complexity index is 484. The molecule has 0 unspecified atom stereocenters. The molecule has 1 atom stereocenters. The monoisotopic (exact) mass is 312 g/mol. The van der Waals surface area contributed by atoms with Crippen LogP contribution in [0.1, 0.15) is 23.2 Å². The van der Waals surface area contributed by atoms with Gasteiger partial charge < -0.3 is 15.7 Å². The minimum absolute atomic E-state index is 0.129. The smallest absolute Gasteiger partial charge is 0.335 e. The number of hydrogen-bond acceptors (Lipinski definition) is 3. The average molecular weight is 313 g/mol. The van der Waals surface area contributed by atoms with Crippen molar-refractivity contribution in [1.29, 1.82) is 0 Å². The summed E-state index contributed by atoms with van der Waals surface area (Å²) in [4.78, 5) is 22.8. The fourth-order valence-corrected chi connectivity index (χ4v) is 2.23. The first-order valence-electron chi connectivity index (χ1n) is 5.65. The molecule has 1 aliphatic heterocycles. The molecule has 0 radical (unpaired) electrons. The summed E-state index contributed by atoms with van der Waals surface area (Å²) in [5.41, 5.74) is 0.626. The van der Waals surface area contributed by atoms with Crippen molar-refractivity contribution in [2.75, 3.05) is 11.9 Å². The highest BCUT2D eigenvalue weighted by Gasteiger charge is 2.22. The highest BCUT2D eigenvalue weighted by Crippen LogP contribution is 2.24. The number of halogens is 1. The van der Waals surface area contributed by atoms with Gasteiger partial charge in [-0.05, 0) is 53.5 Å². The number of hydrogen-bond donors (Lipinski definition) is 3. The number of carboxylic acids is 1. The van der Waals surface area contributed by atoms with Gasteiger partial charge in [0.2, 0.25) is 5.91 Å². The second kappa shape index (κ2) is 5.49. The highest BCUT2D eigenvalue weighted by molar-refractivity contribution is 9.10. The number of amides is 1. The van der Waals surface area contributed by atoms with Crippen molar-refractivity contribution < 1.29 is 14.7 Å². The molecule has 18 heavy (non-hydrogen) atoms. The van der Waals surface area contributed by atoms with E-state index in [-0.39, 0.29) is 17.5 Å². The molecule has 5 nitrogen and oxygen atoms in total. The van der Waals surface area contributed by atoms with E-state index in [1.165, 1.54) is 12.1 Å². The normalized spacial score (nSPS) is 18.6. The van der Waals surface area contributed by atoms with E-state index >= 15 is 0 Å². The number of carboxylic acid groups (broad SMARTS) is 1. The molecule has 1 aliphatic rings. The fourth-order valence-electron chi connectivity index (χ4n) is 1.88. The Morgan fingerprint density at radius 2 is 2.22 bits per heavy atom. The summed E-state index contributed by atoms with van der Waals surface area (Å²) in [6.07, 6.45) is 1.79. The van der Waals surface area contributed by atoms with Crippen molar-refractivity contribution in [2.24, 2.45) is 0 Å². The van der Waals surface area contributed by atoms with Gasteiger partial charge in [-0.25, -0.2) is 4.79 Å². The summed E-state index contributed by atoms with van der Waals surface area (Å²) in [6.45, 7) is 0.842. The first kappa shape index (κ1) is 13.0. The summed E-state index contributed by atoms with van der Waals surface area (Å²) in [6, 6.07) is 4.35. The molecule has 0 bridgehead atoms. The average Bonchev–Trinajstić information content (AvgIpc) is 2.85. The maximum Gasteiger partial charge on any atom is 0.335 e. The van der Waals surface area contributed by atoms with Crippen LogP contribution in [0, 0.1) is 0 Å². The SMILES string of the molecule is O=C(O)c1ccc(Br)c(NC(=O)[C@@H]2CCCN2)c1. The molecule has 1 amide bonds. The molecule has 1 aromatic carbocycles. The predicted molar refractivity (Wildman–Crippen MR) is 70.8 cm³/mol. The van der Waals surface area contributed by atoms with E-state index in [1.807, 2.05) is 0 Å². The van der Waals surface area contributed by atoms with Crippen LogP contribution in [-0.4, -0.2) is 29.6 Å². The number of rotatable bonds is 3. The summed E-state index contributed by atoms with van der Waals surface area (Å²) >= 11 is 3.29. The second-order valence-corrected chi connectivity index (χ2v) is 4.99. The topological polar surface area (TPSA) is 78.4 Å². The van der Waals surface area contributed by atoms with Gasteiger partial charge in [0.05, 0.1) is 17.3 Å². The van der Waals surface area contributed by atoms with Gasteiger partial charge in [-0.1, -0.05) is 0 Å². The number of aromatic carboxylic acids is 1. The minimum atomic E-state index is -1.02. The van der Waals surface area contributed by atoms with Crippen molar-refractivity contribution in [3.05, 3.63) is 28.2 Å². The third-order valence-electron chi connectivity index (χ3n) is 2.85. The summed E-state index contributed by atoms with van der Waals surface area (Å²) in [5, 5.41) is 14.7. The summed E-state index contributed by atoms with van der Waals surface area (Å²) in [5.74, 6) is -1.15. The van der Waals surface area contributed by atoms with Gasteiger partial charge in [0.25, 0.3) is 0 Å². The molecular weight excluding hydrogens is 300 g/mol. The summed E-state index contributed by atoms with van der Waals surface area (Å²) in [7, 11) is 0. The van der Waals surface area contributed by atoms with Crippen LogP contribution in [0.2, 0.25) is 0 Å². The van der Waals surface area contributed by atoms with Crippen molar-refractivity contribution in [3.8, 4) is 0 Å². The molecule has 6 heteroatoms. The van der Waals surface area contributed by atoms with Gasteiger partial charge in [-0.2, -0.15) is 0 Å². The van der Waals surface area contributed by atoms with Crippen LogP contribution in [0.15, 0.2) is 22.7 Å². The molecule has 2 rings (SSSR count). The molecule has 1 aromatic rings. The number of benzene rings is 1. The van der Waals surface area contributed by atoms with Crippen LogP contribution < -0.4 is 10.6 Å². The van der Waals surface area contributed by atoms with Crippen LogP contribution in [0.5, 0.6) is 0 Å². The molecule has 0 spiro atoms. The zero-order chi connectivity index (χ0) is 13.1. The first-order valence-corrected chi connectivity index (χ1v) is 6.44. The van der Waals surface area contributed by atoms with Crippen LogP contribution >= 0.6 is 15.9 Å². The van der Waals surface area contributed by atoms with E-state index in [4.69, 9.17) is 5.11 Å². The maximum absolute atomic E-state index is 11.9. The number of carbonyl (C=O) groups is 2. The molecule has 1 fully saturated rings. The van der Waals surface area contributed by atoms with Crippen molar-refractivity contribution in [3.63, 3.8) is 0 Å². The molecule has 0 aromatic heterocycles. The molecule has 1 saturated heterocycles. The quantitative estimate of drug-likeness (QED) is 0.795. The van der Waals surface area contributed by atoms with Crippen molar-refractivity contribution in [1.82, 2.24) is 5.32 Å². The van der Waals surface area contributed by atoms with E-state index in [0.29, 0.717) is 10.2 Å². The van der Waals surface area contributed by atoms with Gasteiger partial charge in [-0.3, -0.25) is 4.79 Å². The third kappa shape index (κ3) is 2.88. The standard InChI is InChI=1S/C12H13BrN2O3/c13-8-4-3-7(12(17)18)6-10(8)15-11(16)9-2-1-5-14-9/h3-4,6,9,14H,1-2,5H2,(H,15,16)(H,17,18)/t9-/m0/s1. The van der Waals surface area contributed by atoms with Crippen LogP contribution in [0.25, 0.3) is 0 Å². The Hall–Kier alpha value is -1.40. The highest BCUT2D eigenvalue weighted by atomic mass is 79.9. The largest absolute Gasteiger partial charge is 0.478 e. The lowest BCUT2D eigenvalue weighted by Crippen LogP contribution is -2.35. The molecule has 1 heterocycles. The predicted octanol–water partition coefficient (Wildman–Crippen LogP) is 1.84. The van der Waals surface area contributed by atoms with E-state index in [9.17, 15) is 9.59 Å². The fraction of sp³-hybridized carbons (Fsp3) is 0.333. The Balaban J connectivity index is 2.14. The van der Waals surface area contributed by atoms with E-state index < -0.39 is 5.97 Å². The third-order valence-corrected chi connectivity index (χ3v) is 3.54. The van der Waals surface area contributed by atoms with Crippen LogP contribution in [-0.2, 0) is 4.79 Å². The number of anilines is 1. The Morgan fingerprint density at radius 3 is 2.83 bits per heavy atom. The molecule has 0 aliphatic carbocycles. The lowest BCUT2D eigenvalue weighted by Gasteiger charge is -2.12. The van der Waals surface area contributed by atoms with Gasteiger partial charge in [0.15, 0.2) is 0 Å². The van der Waals surface area contributed by atoms with Gasteiger partial charge in [0.1, 0.15) is 0 Å². The molecule has 96 valence electrons. The molecular formula is C12H13BrN2O3. The molecule has 0 saturated carbocycles. The van der Waals surface area contributed by atoms with Gasteiger partial charge in [0, 0.05) is 4.47 Å². The zero-order valence-electron chi connectivity index (χ0n) is 9.57. The Kier molecular flexibility index (Phi) is 3.98. The van der Waals surface area contributed by atoms with Gasteiger partial charge in [-0.15, -0.1) is 0 Å². The Labute approximate surface area is 113 Å². The van der Waals surface area contributed by atoms with Crippen molar-refractivity contribution >= 4 is 33.5 Å². The van der Waals surface area contributed by atoms with E-state index in [0.717, 1.165) is 19.4 Å².